The molecule has 0 radical (unpaired) electrons. The Kier molecular flexibility index (Phi) is 8.37. The summed E-state index contributed by atoms with van der Waals surface area (Å²) in [5.74, 6) is 0. The van der Waals surface area contributed by atoms with Crippen LogP contribution in [0, 0.1) is 0 Å². The van der Waals surface area contributed by atoms with Crippen LogP contribution in [0.15, 0.2) is 224 Å². The van der Waals surface area contributed by atoms with E-state index >= 15 is 0 Å². The van der Waals surface area contributed by atoms with Crippen LogP contribution in [-0.2, 0) is 10.8 Å². The summed E-state index contributed by atoms with van der Waals surface area (Å²) in [6.45, 7) is 4.76. The van der Waals surface area contributed by atoms with Gasteiger partial charge >= 0.3 is 0 Å². The molecule has 308 valence electrons. The Hall–Kier alpha value is -7.74. The van der Waals surface area contributed by atoms with E-state index < -0.39 is 5.41 Å². The van der Waals surface area contributed by atoms with Gasteiger partial charge < -0.3 is 4.90 Å². The van der Waals surface area contributed by atoms with Gasteiger partial charge in [0.15, 0.2) is 0 Å². The fraction of sp³-hybridized carbons (Fsp3) is 0.0938. The molecule has 0 aliphatic heterocycles. The van der Waals surface area contributed by atoms with Crippen LogP contribution in [0.2, 0.25) is 0 Å². The molecule has 0 saturated carbocycles. The molecule has 65 heavy (non-hydrogen) atoms. The van der Waals surface area contributed by atoms with Crippen molar-refractivity contribution in [3.63, 3.8) is 0 Å². The van der Waals surface area contributed by atoms with E-state index in [0.29, 0.717) is 0 Å². The lowest BCUT2D eigenvalue weighted by Crippen LogP contribution is -2.26. The number of anilines is 3. The van der Waals surface area contributed by atoms with Crippen LogP contribution in [0.3, 0.4) is 0 Å². The molecular formula is C64H47N. The third-order valence-corrected chi connectivity index (χ3v) is 14.9. The average Bonchev–Trinajstić information content (AvgIpc) is 3.93. The quantitative estimate of drug-likeness (QED) is 0.161. The average molecular weight is 830 g/mol. The van der Waals surface area contributed by atoms with E-state index in [4.69, 9.17) is 0 Å². The first-order valence-corrected chi connectivity index (χ1v) is 23.1. The van der Waals surface area contributed by atoms with Gasteiger partial charge in [-0.25, -0.2) is 0 Å². The maximum absolute atomic E-state index is 2.51. The Balaban J connectivity index is 1.00. The van der Waals surface area contributed by atoms with Gasteiger partial charge in [0.25, 0.3) is 0 Å². The van der Waals surface area contributed by atoms with Gasteiger partial charge in [-0.05, 0) is 168 Å². The SMILES string of the molecule is CC1(C)c2ccccc2-c2ccc(N(c3ccc(-c4cc(C5=CC=CCC5)cc(-c5ccccc5)c4)cc3)c3ccc4c(c3)C3(c5ccccc5-c5ccccc53)c3ccccc3-4)cc21. The van der Waals surface area contributed by atoms with Crippen molar-refractivity contribution in [3.05, 3.63) is 263 Å². The Morgan fingerprint density at radius 3 is 1.37 bits per heavy atom. The van der Waals surface area contributed by atoms with Gasteiger partial charge in [-0.2, -0.15) is 0 Å². The van der Waals surface area contributed by atoms with Crippen LogP contribution in [0.25, 0.3) is 61.2 Å². The number of allylic oxidation sites excluding steroid dienone is 4. The van der Waals surface area contributed by atoms with Crippen LogP contribution in [0.5, 0.6) is 0 Å². The number of hydrogen-bond acceptors (Lipinski definition) is 1. The summed E-state index contributed by atoms with van der Waals surface area (Å²) >= 11 is 0. The Morgan fingerprint density at radius 2 is 0.800 bits per heavy atom. The molecule has 1 spiro atoms. The van der Waals surface area contributed by atoms with Crippen LogP contribution < -0.4 is 4.90 Å². The summed E-state index contributed by atoms with van der Waals surface area (Å²) in [5.41, 5.74) is 26.5. The highest BCUT2D eigenvalue weighted by Gasteiger charge is 2.51. The summed E-state index contributed by atoms with van der Waals surface area (Å²) in [5, 5.41) is 0. The normalized spacial score (nSPS) is 15.1. The summed E-state index contributed by atoms with van der Waals surface area (Å²) in [7, 11) is 0. The summed E-state index contributed by atoms with van der Waals surface area (Å²) < 4.78 is 0. The monoisotopic (exact) mass is 829 g/mol. The summed E-state index contributed by atoms with van der Waals surface area (Å²) in [6.07, 6.45) is 8.88. The van der Waals surface area contributed by atoms with Crippen molar-refractivity contribution in [2.75, 3.05) is 4.90 Å². The molecule has 1 nitrogen and oxygen atoms in total. The first kappa shape index (κ1) is 37.8. The highest BCUT2D eigenvalue weighted by Crippen LogP contribution is 2.63. The lowest BCUT2D eigenvalue weighted by Gasteiger charge is -2.32. The fourth-order valence-corrected chi connectivity index (χ4v) is 11.9. The molecule has 4 aliphatic rings. The smallest absolute Gasteiger partial charge is 0.0726 e. The van der Waals surface area contributed by atoms with E-state index in [1.807, 2.05) is 0 Å². The van der Waals surface area contributed by atoms with E-state index in [-0.39, 0.29) is 5.41 Å². The highest BCUT2D eigenvalue weighted by atomic mass is 15.1. The van der Waals surface area contributed by atoms with Crippen LogP contribution in [0.1, 0.15) is 65.6 Å². The van der Waals surface area contributed by atoms with Crippen molar-refractivity contribution >= 4 is 22.6 Å². The van der Waals surface area contributed by atoms with Crippen molar-refractivity contribution in [3.8, 4) is 55.6 Å². The second-order valence-corrected chi connectivity index (χ2v) is 18.7. The van der Waals surface area contributed by atoms with Crippen LogP contribution in [0.4, 0.5) is 17.1 Å². The maximum Gasteiger partial charge on any atom is 0.0726 e. The van der Waals surface area contributed by atoms with E-state index in [0.717, 1.165) is 29.9 Å². The van der Waals surface area contributed by atoms with Gasteiger partial charge in [-0.3, -0.25) is 0 Å². The minimum absolute atomic E-state index is 0.136. The molecule has 0 N–H and O–H groups in total. The zero-order chi connectivity index (χ0) is 43.3. The fourth-order valence-electron chi connectivity index (χ4n) is 11.9. The van der Waals surface area contributed by atoms with Gasteiger partial charge in [-0.15, -0.1) is 0 Å². The molecule has 13 rings (SSSR count). The number of fused-ring (bicyclic) bond motifs is 13. The molecule has 9 aromatic rings. The maximum atomic E-state index is 2.51. The predicted molar refractivity (Wildman–Crippen MR) is 272 cm³/mol. The molecule has 4 aliphatic carbocycles. The Labute approximate surface area is 382 Å². The van der Waals surface area contributed by atoms with Crippen molar-refractivity contribution in [2.45, 2.75) is 37.5 Å². The first-order valence-electron chi connectivity index (χ1n) is 23.1. The van der Waals surface area contributed by atoms with Crippen molar-refractivity contribution in [1.82, 2.24) is 0 Å². The second-order valence-electron chi connectivity index (χ2n) is 18.7. The van der Waals surface area contributed by atoms with Gasteiger partial charge in [0, 0.05) is 22.5 Å². The minimum atomic E-state index is -0.433. The zero-order valence-electron chi connectivity index (χ0n) is 36.7. The first-order chi connectivity index (χ1) is 32.0. The van der Waals surface area contributed by atoms with Crippen molar-refractivity contribution < 1.29 is 0 Å². The molecule has 0 fully saturated rings. The molecule has 0 unspecified atom stereocenters. The van der Waals surface area contributed by atoms with E-state index in [9.17, 15) is 0 Å². The van der Waals surface area contributed by atoms with Gasteiger partial charge in [0.1, 0.15) is 0 Å². The molecule has 0 amide bonds. The van der Waals surface area contributed by atoms with E-state index in [1.165, 1.54) is 100 Å². The van der Waals surface area contributed by atoms with Gasteiger partial charge in [-0.1, -0.05) is 184 Å². The van der Waals surface area contributed by atoms with Crippen LogP contribution in [-0.4, -0.2) is 0 Å². The largest absolute Gasteiger partial charge is 0.310 e. The highest BCUT2D eigenvalue weighted by molar-refractivity contribution is 5.97. The molecule has 9 aromatic carbocycles. The molecule has 0 aromatic heterocycles. The Bertz CT molecular complexity index is 3390. The summed E-state index contributed by atoms with van der Waals surface area (Å²) in [6, 6.07) is 77.9. The number of benzene rings is 9. The van der Waals surface area contributed by atoms with Crippen molar-refractivity contribution in [2.24, 2.45) is 0 Å². The predicted octanol–water partition coefficient (Wildman–Crippen LogP) is 16.9. The van der Waals surface area contributed by atoms with Gasteiger partial charge in [0.05, 0.1) is 5.41 Å². The van der Waals surface area contributed by atoms with E-state index in [1.54, 1.807) is 0 Å². The number of hydrogen-bond donors (Lipinski definition) is 0. The van der Waals surface area contributed by atoms with Crippen molar-refractivity contribution in [1.29, 1.82) is 0 Å². The molecular weight excluding hydrogens is 783 g/mol. The Morgan fingerprint density at radius 1 is 0.354 bits per heavy atom. The second kappa shape index (κ2) is 14.4. The molecule has 1 heteroatoms. The lowest BCUT2D eigenvalue weighted by molar-refractivity contribution is 0.660. The number of nitrogens with zero attached hydrogens (tertiary/aromatic N) is 1. The van der Waals surface area contributed by atoms with E-state index in [2.05, 4.69) is 243 Å². The molecule has 0 saturated heterocycles. The molecule has 0 bridgehead atoms. The van der Waals surface area contributed by atoms with Crippen LogP contribution >= 0.6 is 0 Å². The number of rotatable bonds is 6. The molecule has 0 heterocycles. The third kappa shape index (κ3) is 5.58. The molecule has 0 atom stereocenters. The minimum Gasteiger partial charge on any atom is -0.310 e. The summed E-state index contributed by atoms with van der Waals surface area (Å²) in [4.78, 5) is 2.50. The lowest BCUT2D eigenvalue weighted by atomic mass is 9.70. The third-order valence-electron chi connectivity index (χ3n) is 14.9. The van der Waals surface area contributed by atoms with Gasteiger partial charge in [0.2, 0.25) is 0 Å². The topological polar surface area (TPSA) is 3.24 Å². The standard InChI is InChI=1S/C64H47N/c1-63(2)57-25-13-9-21-51(57)55-35-33-49(40-61(55)63)65(48-31-29-44(30-32-48)47-38-45(42-17-5-3-6-18-42)37-46(39-47)43-19-7-4-8-20-43)50-34-36-56-54-24-12-16-28-60(54)64(62(56)41-50)58-26-14-10-22-52(58)53-23-11-15-27-59(53)64/h3-7,9-19,21-41H,8,20H2,1-2H3. The zero-order valence-corrected chi connectivity index (χ0v) is 36.7.